The highest BCUT2D eigenvalue weighted by molar-refractivity contribution is 6.00. The first-order valence-electron chi connectivity index (χ1n) is 7.33. The minimum atomic E-state index is 0.00600. The fourth-order valence-corrected chi connectivity index (χ4v) is 2.73. The molecule has 2 aromatic rings. The highest BCUT2D eigenvalue weighted by Crippen LogP contribution is 2.40. The molecule has 2 unspecified atom stereocenters. The Kier molecular flexibility index (Phi) is 3.65. The van der Waals surface area contributed by atoms with Crippen LogP contribution in [0.5, 0.6) is 0 Å². The summed E-state index contributed by atoms with van der Waals surface area (Å²) in [5.74, 6) is 0.462. The Morgan fingerprint density at radius 3 is 2.62 bits per heavy atom. The Balaban J connectivity index is 1.70. The van der Waals surface area contributed by atoms with Gasteiger partial charge in [-0.1, -0.05) is 42.0 Å². The maximum absolute atomic E-state index is 12.5. The fourth-order valence-electron chi connectivity index (χ4n) is 2.73. The molecule has 0 heterocycles. The van der Waals surface area contributed by atoms with Crippen molar-refractivity contribution >= 4 is 11.6 Å². The lowest BCUT2D eigenvalue weighted by atomic mass is 10.1. The molecule has 3 heteroatoms. The minimum Gasteiger partial charge on any atom is -0.387 e. The maximum atomic E-state index is 12.5. The van der Waals surface area contributed by atoms with Crippen molar-refractivity contribution in [2.45, 2.75) is 25.3 Å². The van der Waals surface area contributed by atoms with Gasteiger partial charge in [-0.15, -0.1) is 0 Å². The number of hydrogen-bond acceptors (Lipinski definition) is 2. The quantitative estimate of drug-likeness (QED) is 0.902. The second-order valence-corrected chi connectivity index (χ2v) is 5.63. The van der Waals surface area contributed by atoms with Crippen molar-refractivity contribution in [1.82, 2.24) is 5.32 Å². The number of amides is 1. The second-order valence-electron chi connectivity index (χ2n) is 5.63. The molecular weight excluding hydrogens is 260 g/mol. The van der Waals surface area contributed by atoms with Gasteiger partial charge in [-0.3, -0.25) is 4.79 Å². The van der Waals surface area contributed by atoms with Crippen LogP contribution in [0.2, 0.25) is 0 Å². The van der Waals surface area contributed by atoms with E-state index in [0.717, 1.165) is 23.2 Å². The van der Waals surface area contributed by atoms with E-state index in [4.69, 9.17) is 0 Å². The largest absolute Gasteiger partial charge is 0.387 e. The zero-order chi connectivity index (χ0) is 14.8. The molecule has 2 aromatic carbocycles. The molecule has 0 saturated heterocycles. The van der Waals surface area contributed by atoms with Crippen LogP contribution >= 0.6 is 0 Å². The lowest BCUT2D eigenvalue weighted by Crippen LogP contribution is -2.27. The van der Waals surface area contributed by atoms with Gasteiger partial charge in [0, 0.05) is 24.7 Å². The van der Waals surface area contributed by atoms with Gasteiger partial charge in [0.1, 0.15) is 0 Å². The summed E-state index contributed by atoms with van der Waals surface area (Å²) in [5, 5.41) is 6.22. The Hall–Kier alpha value is -2.29. The average molecular weight is 280 g/mol. The van der Waals surface area contributed by atoms with E-state index < -0.39 is 0 Å². The number of rotatable bonds is 4. The monoisotopic (exact) mass is 280 g/mol. The van der Waals surface area contributed by atoms with Crippen LogP contribution in [0.3, 0.4) is 0 Å². The molecule has 0 bridgehead atoms. The van der Waals surface area contributed by atoms with Crippen molar-refractivity contribution < 1.29 is 4.79 Å². The molecule has 0 spiro atoms. The van der Waals surface area contributed by atoms with Crippen molar-refractivity contribution in [3.05, 3.63) is 65.2 Å². The van der Waals surface area contributed by atoms with Gasteiger partial charge in [0.25, 0.3) is 5.91 Å². The topological polar surface area (TPSA) is 41.1 Å². The number of hydrogen-bond donors (Lipinski definition) is 2. The molecule has 0 aliphatic heterocycles. The lowest BCUT2D eigenvalue weighted by Gasteiger charge is -2.11. The van der Waals surface area contributed by atoms with E-state index in [1.54, 1.807) is 0 Å². The fraction of sp³-hybridized carbons (Fsp3) is 0.278. The predicted octanol–water partition coefficient (Wildman–Crippen LogP) is 3.32. The SMILES string of the molecule is CNc1ccc(C)cc1C(=O)NC1CC1c1ccccc1. The molecule has 1 aliphatic carbocycles. The third kappa shape index (κ3) is 2.92. The van der Waals surface area contributed by atoms with E-state index >= 15 is 0 Å². The van der Waals surface area contributed by atoms with Gasteiger partial charge in [-0.2, -0.15) is 0 Å². The maximum Gasteiger partial charge on any atom is 0.253 e. The number of aryl methyl sites for hydroxylation is 1. The third-order valence-corrected chi connectivity index (χ3v) is 4.02. The van der Waals surface area contributed by atoms with Crippen LogP contribution in [0.4, 0.5) is 5.69 Å². The number of carbonyl (C=O) groups is 1. The van der Waals surface area contributed by atoms with Gasteiger partial charge in [-0.05, 0) is 31.0 Å². The predicted molar refractivity (Wildman–Crippen MR) is 85.8 cm³/mol. The third-order valence-electron chi connectivity index (χ3n) is 4.02. The smallest absolute Gasteiger partial charge is 0.253 e. The highest BCUT2D eigenvalue weighted by Gasteiger charge is 2.39. The first-order chi connectivity index (χ1) is 10.2. The molecule has 108 valence electrons. The van der Waals surface area contributed by atoms with Gasteiger partial charge in [0.15, 0.2) is 0 Å². The second kappa shape index (κ2) is 5.60. The van der Waals surface area contributed by atoms with Gasteiger partial charge >= 0.3 is 0 Å². The molecule has 21 heavy (non-hydrogen) atoms. The van der Waals surface area contributed by atoms with Crippen molar-refractivity contribution in [3.8, 4) is 0 Å². The van der Waals surface area contributed by atoms with Crippen molar-refractivity contribution in [2.24, 2.45) is 0 Å². The number of benzene rings is 2. The Morgan fingerprint density at radius 1 is 1.14 bits per heavy atom. The summed E-state index contributed by atoms with van der Waals surface area (Å²) in [4.78, 5) is 12.5. The Labute approximate surface area is 125 Å². The van der Waals surface area contributed by atoms with Crippen LogP contribution in [0.15, 0.2) is 48.5 Å². The molecule has 2 N–H and O–H groups in total. The first kappa shape index (κ1) is 13.7. The first-order valence-corrected chi connectivity index (χ1v) is 7.33. The van der Waals surface area contributed by atoms with E-state index in [1.807, 2.05) is 50.4 Å². The minimum absolute atomic E-state index is 0.00600. The molecule has 0 radical (unpaired) electrons. The molecule has 0 aromatic heterocycles. The zero-order valence-electron chi connectivity index (χ0n) is 12.4. The summed E-state index contributed by atoms with van der Waals surface area (Å²) < 4.78 is 0. The van der Waals surface area contributed by atoms with Crippen LogP contribution < -0.4 is 10.6 Å². The summed E-state index contributed by atoms with van der Waals surface area (Å²) >= 11 is 0. The van der Waals surface area contributed by atoms with Gasteiger partial charge in [-0.25, -0.2) is 0 Å². The number of carbonyl (C=O) groups excluding carboxylic acids is 1. The van der Waals surface area contributed by atoms with E-state index in [1.165, 1.54) is 5.56 Å². The van der Waals surface area contributed by atoms with Crippen LogP contribution in [0.1, 0.15) is 33.8 Å². The van der Waals surface area contributed by atoms with Gasteiger partial charge in [0.2, 0.25) is 0 Å². The Morgan fingerprint density at radius 2 is 1.90 bits per heavy atom. The van der Waals surface area contributed by atoms with E-state index in [2.05, 4.69) is 22.8 Å². The Bertz CT molecular complexity index is 652. The van der Waals surface area contributed by atoms with Crippen molar-refractivity contribution in [1.29, 1.82) is 0 Å². The molecule has 1 fully saturated rings. The van der Waals surface area contributed by atoms with Gasteiger partial charge < -0.3 is 10.6 Å². The molecule has 3 nitrogen and oxygen atoms in total. The number of anilines is 1. The highest BCUT2D eigenvalue weighted by atomic mass is 16.1. The molecular formula is C18H20N2O. The summed E-state index contributed by atoms with van der Waals surface area (Å²) in [5.41, 5.74) is 3.99. The number of nitrogens with one attached hydrogen (secondary N) is 2. The molecule has 1 amide bonds. The lowest BCUT2D eigenvalue weighted by molar-refractivity contribution is 0.0951. The van der Waals surface area contributed by atoms with Crippen molar-refractivity contribution in [2.75, 3.05) is 12.4 Å². The molecule has 1 saturated carbocycles. The summed E-state index contributed by atoms with van der Waals surface area (Å²) in [6.07, 6.45) is 1.02. The van der Waals surface area contributed by atoms with Crippen LogP contribution in [-0.2, 0) is 0 Å². The van der Waals surface area contributed by atoms with E-state index in [0.29, 0.717) is 5.92 Å². The average Bonchev–Trinajstić information content (AvgIpc) is 3.27. The zero-order valence-corrected chi connectivity index (χ0v) is 12.4. The van der Waals surface area contributed by atoms with Crippen LogP contribution in [0, 0.1) is 6.92 Å². The van der Waals surface area contributed by atoms with Crippen LogP contribution in [0.25, 0.3) is 0 Å². The van der Waals surface area contributed by atoms with Crippen molar-refractivity contribution in [3.63, 3.8) is 0 Å². The summed E-state index contributed by atoms with van der Waals surface area (Å²) in [6, 6.07) is 16.5. The van der Waals surface area contributed by atoms with Gasteiger partial charge in [0.05, 0.1) is 5.56 Å². The molecule has 2 atom stereocenters. The standard InChI is InChI=1S/C18H20N2O/c1-12-8-9-16(19-2)15(10-12)18(21)20-17-11-14(17)13-6-4-3-5-7-13/h3-10,14,17,19H,11H2,1-2H3,(H,20,21). The van der Waals surface area contributed by atoms with Crippen LogP contribution in [-0.4, -0.2) is 19.0 Å². The van der Waals surface area contributed by atoms with E-state index in [9.17, 15) is 4.79 Å². The van der Waals surface area contributed by atoms with E-state index in [-0.39, 0.29) is 11.9 Å². The molecule has 3 rings (SSSR count). The summed E-state index contributed by atoms with van der Waals surface area (Å²) in [6.45, 7) is 2.00. The molecule has 1 aliphatic rings. The summed E-state index contributed by atoms with van der Waals surface area (Å²) in [7, 11) is 1.84. The normalized spacial score (nSPS) is 19.9.